The van der Waals surface area contributed by atoms with E-state index in [0.29, 0.717) is 23.9 Å². The maximum atomic E-state index is 12.6. The highest BCUT2D eigenvalue weighted by atomic mass is 35.5. The summed E-state index contributed by atoms with van der Waals surface area (Å²) in [6.45, 7) is 3.22. The largest absolute Gasteiger partial charge is 0.484 e. The summed E-state index contributed by atoms with van der Waals surface area (Å²) in [5.41, 5.74) is 5.08. The third-order valence-corrected chi connectivity index (χ3v) is 5.00. The van der Waals surface area contributed by atoms with Gasteiger partial charge >= 0.3 is 0 Å². The normalized spacial score (nSPS) is 13.3. The molecule has 2 aromatic carbocycles. The third-order valence-electron chi connectivity index (χ3n) is 4.77. The molecule has 0 spiro atoms. The van der Waals surface area contributed by atoms with Crippen LogP contribution in [-0.2, 0) is 17.8 Å². The van der Waals surface area contributed by atoms with Crippen LogP contribution < -0.4 is 4.74 Å². The summed E-state index contributed by atoms with van der Waals surface area (Å²) in [6, 6.07) is 15.3. The van der Waals surface area contributed by atoms with Crippen LogP contribution in [0.1, 0.15) is 16.8 Å². The molecule has 1 amide bonds. The number of rotatable bonds is 4. The van der Waals surface area contributed by atoms with Crippen molar-refractivity contribution >= 4 is 17.5 Å². The van der Waals surface area contributed by atoms with Gasteiger partial charge in [-0.25, -0.2) is 0 Å². The number of amides is 1. The van der Waals surface area contributed by atoms with Crippen molar-refractivity contribution in [2.75, 3.05) is 13.2 Å². The van der Waals surface area contributed by atoms with E-state index in [0.717, 1.165) is 34.5 Å². The molecular formula is C21H20ClN3O2. The van der Waals surface area contributed by atoms with Gasteiger partial charge in [0.05, 0.1) is 5.69 Å². The number of carbonyl (C=O) groups excluding carboxylic acids is 1. The molecule has 0 bridgehead atoms. The number of benzene rings is 2. The number of H-pyrrole nitrogens is 1. The number of fused-ring (bicyclic) bond motifs is 1. The van der Waals surface area contributed by atoms with Gasteiger partial charge in [-0.3, -0.25) is 9.89 Å². The summed E-state index contributed by atoms with van der Waals surface area (Å²) in [6.07, 6.45) is 0.749. The third kappa shape index (κ3) is 3.83. The van der Waals surface area contributed by atoms with Crippen molar-refractivity contribution in [3.63, 3.8) is 0 Å². The Morgan fingerprint density at radius 1 is 1.26 bits per heavy atom. The van der Waals surface area contributed by atoms with Crippen LogP contribution in [0.3, 0.4) is 0 Å². The average molecular weight is 382 g/mol. The van der Waals surface area contributed by atoms with E-state index in [4.69, 9.17) is 16.3 Å². The van der Waals surface area contributed by atoms with Crippen molar-refractivity contribution in [2.45, 2.75) is 19.9 Å². The molecule has 0 fully saturated rings. The van der Waals surface area contributed by atoms with Crippen LogP contribution in [0.4, 0.5) is 0 Å². The zero-order valence-corrected chi connectivity index (χ0v) is 15.8. The highest BCUT2D eigenvalue weighted by Crippen LogP contribution is 2.29. The Kier molecular flexibility index (Phi) is 4.86. The molecule has 0 aliphatic carbocycles. The number of aromatic amines is 1. The highest BCUT2D eigenvalue weighted by molar-refractivity contribution is 6.30. The molecule has 1 aliphatic heterocycles. The van der Waals surface area contributed by atoms with E-state index in [1.54, 1.807) is 0 Å². The van der Waals surface area contributed by atoms with Gasteiger partial charge < -0.3 is 9.64 Å². The van der Waals surface area contributed by atoms with E-state index in [-0.39, 0.29) is 12.5 Å². The molecule has 0 saturated heterocycles. The molecule has 1 N–H and O–H groups in total. The summed E-state index contributed by atoms with van der Waals surface area (Å²) >= 11 is 6.11. The van der Waals surface area contributed by atoms with Gasteiger partial charge in [0.15, 0.2) is 6.61 Å². The Morgan fingerprint density at radius 2 is 2.07 bits per heavy atom. The van der Waals surface area contributed by atoms with Crippen molar-refractivity contribution in [3.8, 4) is 17.0 Å². The monoisotopic (exact) mass is 381 g/mol. The van der Waals surface area contributed by atoms with Crippen LogP contribution in [-0.4, -0.2) is 34.2 Å². The fraction of sp³-hybridized carbons (Fsp3) is 0.238. The predicted molar refractivity (Wildman–Crippen MR) is 105 cm³/mol. The lowest BCUT2D eigenvalue weighted by Gasteiger charge is -2.27. The fourth-order valence-electron chi connectivity index (χ4n) is 3.25. The van der Waals surface area contributed by atoms with Crippen LogP contribution in [0.2, 0.25) is 5.02 Å². The first-order valence-corrected chi connectivity index (χ1v) is 9.27. The van der Waals surface area contributed by atoms with E-state index < -0.39 is 0 Å². The Hall–Kier alpha value is -2.79. The Morgan fingerprint density at radius 3 is 2.85 bits per heavy atom. The fourth-order valence-corrected chi connectivity index (χ4v) is 3.44. The van der Waals surface area contributed by atoms with Gasteiger partial charge in [0.1, 0.15) is 5.75 Å². The molecule has 5 nitrogen and oxygen atoms in total. The topological polar surface area (TPSA) is 58.2 Å². The number of nitrogens with one attached hydrogen (secondary N) is 1. The van der Waals surface area contributed by atoms with Crippen molar-refractivity contribution in [1.82, 2.24) is 15.1 Å². The Balaban J connectivity index is 1.46. The number of carbonyl (C=O) groups is 1. The second kappa shape index (κ2) is 7.45. The summed E-state index contributed by atoms with van der Waals surface area (Å²) in [5.74, 6) is 0.675. The molecule has 27 heavy (non-hydrogen) atoms. The van der Waals surface area contributed by atoms with E-state index in [1.165, 1.54) is 0 Å². The van der Waals surface area contributed by atoms with Crippen LogP contribution >= 0.6 is 11.6 Å². The molecule has 0 radical (unpaired) electrons. The Labute approximate surface area is 162 Å². The van der Waals surface area contributed by atoms with Gasteiger partial charge in [0, 0.05) is 41.4 Å². The van der Waals surface area contributed by atoms with E-state index in [9.17, 15) is 4.79 Å². The molecule has 1 aromatic heterocycles. The zero-order chi connectivity index (χ0) is 18.8. The van der Waals surface area contributed by atoms with Crippen molar-refractivity contribution < 1.29 is 9.53 Å². The van der Waals surface area contributed by atoms with Gasteiger partial charge in [-0.1, -0.05) is 41.4 Å². The van der Waals surface area contributed by atoms with Crippen LogP contribution in [0.5, 0.6) is 5.75 Å². The number of hydrogen-bond donors (Lipinski definition) is 1. The van der Waals surface area contributed by atoms with E-state index in [2.05, 4.69) is 10.2 Å². The molecule has 1 aliphatic rings. The maximum Gasteiger partial charge on any atom is 0.260 e. The van der Waals surface area contributed by atoms with E-state index in [1.807, 2.05) is 60.4 Å². The average Bonchev–Trinajstić information content (AvgIpc) is 3.10. The minimum atomic E-state index is -0.0283. The van der Waals surface area contributed by atoms with E-state index >= 15 is 0 Å². The predicted octanol–water partition coefficient (Wildman–Crippen LogP) is 4.00. The van der Waals surface area contributed by atoms with Crippen molar-refractivity contribution in [2.24, 2.45) is 0 Å². The van der Waals surface area contributed by atoms with Crippen LogP contribution in [0.15, 0.2) is 48.5 Å². The van der Waals surface area contributed by atoms with Crippen LogP contribution in [0.25, 0.3) is 11.3 Å². The van der Waals surface area contributed by atoms with Crippen molar-refractivity contribution in [3.05, 3.63) is 70.4 Å². The number of ether oxygens (including phenoxy) is 1. The molecule has 2 heterocycles. The maximum absolute atomic E-state index is 12.6. The molecule has 4 rings (SSSR count). The summed E-state index contributed by atoms with van der Waals surface area (Å²) in [7, 11) is 0. The minimum absolute atomic E-state index is 0.0283. The molecule has 0 saturated carbocycles. The molecule has 0 unspecified atom stereocenters. The van der Waals surface area contributed by atoms with Gasteiger partial charge in [-0.15, -0.1) is 0 Å². The number of halogens is 1. The number of aryl methyl sites for hydroxylation is 1. The molecule has 3 aromatic rings. The smallest absolute Gasteiger partial charge is 0.260 e. The minimum Gasteiger partial charge on any atom is -0.484 e. The molecule has 0 atom stereocenters. The zero-order valence-electron chi connectivity index (χ0n) is 15.0. The lowest BCUT2D eigenvalue weighted by Crippen LogP contribution is -2.38. The Bertz CT molecular complexity index is 966. The number of hydrogen-bond acceptors (Lipinski definition) is 3. The highest BCUT2D eigenvalue weighted by Gasteiger charge is 2.26. The van der Waals surface area contributed by atoms with Crippen LogP contribution in [0, 0.1) is 6.92 Å². The molecule has 6 heteroatoms. The first-order valence-electron chi connectivity index (χ1n) is 8.89. The number of aromatic nitrogens is 2. The quantitative estimate of drug-likeness (QED) is 0.743. The summed E-state index contributed by atoms with van der Waals surface area (Å²) in [4.78, 5) is 14.4. The standard InChI is InChI=1S/C21H20ClN3O2/c1-14-5-7-17(8-6-14)27-13-20(26)25-10-9-19-18(12-25)21(24-23-19)15-3-2-4-16(22)11-15/h2-8,11H,9-10,12-13H2,1H3,(H,23,24). The summed E-state index contributed by atoms with van der Waals surface area (Å²) < 4.78 is 5.64. The summed E-state index contributed by atoms with van der Waals surface area (Å²) in [5, 5.41) is 8.22. The first kappa shape index (κ1) is 17.6. The SMILES string of the molecule is Cc1ccc(OCC(=O)N2CCc3[nH]nc(-c4cccc(Cl)c4)c3C2)cc1. The van der Waals surface area contributed by atoms with Gasteiger partial charge in [0.25, 0.3) is 5.91 Å². The second-order valence-electron chi connectivity index (χ2n) is 6.71. The lowest BCUT2D eigenvalue weighted by molar-refractivity contribution is -0.134. The van der Waals surface area contributed by atoms with Gasteiger partial charge in [0.2, 0.25) is 0 Å². The van der Waals surface area contributed by atoms with Gasteiger partial charge in [-0.2, -0.15) is 5.10 Å². The van der Waals surface area contributed by atoms with Gasteiger partial charge in [-0.05, 0) is 31.2 Å². The van der Waals surface area contributed by atoms with Crippen molar-refractivity contribution in [1.29, 1.82) is 0 Å². The molecule has 138 valence electrons. The lowest BCUT2D eigenvalue weighted by atomic mass is 10.0. The second-order valence-corrected chi connectivity index (χ2v) is 7.14. The molecular weight excluding hydrogens is 362 g/mol. The number of nitrogens with zero attached hydrogens (tertiary/aromatic N) is 2. The first-order chi connectivity index (χ1) is 13.1.